The van der Waals surface area contributed by atoms with Gasteiger partial charge in [-0.05, 0) is 6.07 Å². The summed E-state index contributed by atoms with van der Waals surface area (Å²) in [6.07, 6.45) is -0.156. The van der Waals surface area contributed by atoms with Gasteiger partial charge in [0.1, 0.15) is 0 Å². The van der Waals surface area contributed by atoms with Crippen molar-refractivity contribution in [2.45, 2.75) is 20.1 Å². The fourth-order valence-electron chi connectivity index (χ4n) is 2.48. The molecule has 84 valence electrons. The third-order valence-electron chi connectivity index (χ3n) is 3.23. The summed E-state index contributed by atoms with van der Waals surface area (Å²) in [5.74, 6) is 0.105. The monoisotopic (exact) mass is 217 g/mol. The summed E-state index contributed by atoms with van der Waals surface area (Å²) in [7, 11) is 0. The van der Waals surface area contributed by atoms with Gasteiger partial charge >= 0.3 is 0 Å². The van der Waals surface area contributed by atoms with Crippen molar-refractivity contribution in [3.05, 3.63) is 35.4 Å². The molecule has 16 heavy (non-hydrogen) atoms. The van der Waals surface area contributed by atoms with Gasteiger partial charge in [-0.25, -0.2) is 0 Å². The van der Waals surface area contributed by atoms with E-state index in [9.17, 15) is 4.79 Å². The van der Waals surface area contributed by atoms with Crippen molar-refractivity contribution in [1.82, 2.24) is 4.90 Å². The number of rotatable bonds is 0. The van der Waals surface area contributed by atoms with Crippen molar-refractivity contribution >= 4 is 5.91 Å². The molecular formula is C13H15NO2. The Labute approximate surface area is 95.0 Å². The van der Waals surface area contributed by atoms with Gasteiger partial charge in [-0.1, -0.05) is 32.0 Å². The minimum atomic E-state index is -0.156. The summed E-state index contributed by atoms with van der Waals surface area (Å²) in [5.41, 5.74) is 1.86. The van der Waals surface area contributed by atoms with Crippen LogP contribution in [0.2, 0.25) is 0 Å². The maximum Gasteiger partial charge on any atom is 0.256 e. The Morgan fingerprint density at radius 3 is 2.94 bits per heavy atom. The van der Waals surface area contributed by atoms with Crippen LogP contribution < -0.4 is 0 Å². The van der Waals surface area contributed by atoms with Crippen molar-refractivity contribution in [1.29, 1.82) is 0 Å². The summed E-state index contributed by atoms with van der Waals surface area (Å²) in [4.78, 5) is 14.0. The Hall–Kier alpha value is -1.35. The average molecular weight is 217 g/mol. The zero-order valence-electron chi connectivity index (χ0n) is 9.56. The molecule has 0 radical (unpaired) electrons. The first-order valence-corrected chi connectivity index (χ1v) is 5.60. The number of carbonyl (C=O) groups excluding carboxylic acids is 1. The van der Waals surface area contributed by atoms with E-state index in [1.807, 2.05) is 29.2 Å². The van der Waals surface area contributed by atoms with Crippen molar-refractivity contribution in [2.24, 2.45) is 5.41 Å². The SMILES string of the molecule is CC1(C)CO[C@@H]2c3ccccc3C(=O)N2C1. The van der Waals surface area contributed by atoms with E-state index in [-0.39, 0.29) is 17.6 Å². The van der Waals surface area contributed by atoms with E-state index >= 15 is 0 Å². The highest BCUT2D eigenvalue weighted by Crippen LogP contribution is 2.40. The van der Waals surface area contributed by atoms with E-state index < -0.39 is 0 Å². The van der Waals surface area contributed by atoms with Crippen LogP contribution in [0.15, 0.2) is 24.3 Å². The van der Waals surface area contributed by atoms with Crippen LogP contribution in [0.4, 0.5) is 0 Å². The lowest BCUT2D eigenvalue weighted by atomic mass is 9.92. The number of hydrogen-bond acceptors (Lipinski definition) is 2. The molecule has 1 atom stereocenters. The molecule has 0 saturated carbocycles. The van der Waals surface area contributed by atoms with Crippen molar-refractivity contribution in [3.63, 3.8) is 0 Å². The van der Waals surface area contributed by atoms with Gasteiger partial charge in [-0.2, -0.15) is 0 Å². The van der Waals surface area contributed by atoms with Gasteiger partial charge in [-0.3, -0.25) is 4.79 Å². The number of fused-ring (bicyclic) bond motifs is 3. The lowest BCUT2D eigenvalue weighted by Crippen LogP contribution is -2.45. The number of ether oxygens (including phenoxy) is 1. The first-order chi connectivity index (χ1) is 7.58. The zero-order chi connectivity index (χ0) is 11.3. The minimum absolute atomic E-state index is 0.0498. The highest BCUT2D eigenvalue weighted by Gasteiger charge is 2.43. The Bertz CT molecular complexity index is 453. The molecule has 1 fully saturated rings. The molecule has 0 N–H and O–H groups in total. The predicted octanol–water partition coefficient (Wildman–Crippen LogP) is 2.20. The summed E-state index contributed by atoms with van der Waals surface area (Å²) in [6, 6.07) is 7.72. The molecule has 1 aromatic carbocycles. The number of carbonyl (C=O) groups is 1. The predicted molar refractivity (Wildman–Crippen MR) is 60.0 cm³/mol. The highest BCUT2D eigenvalue weighted by molar-refractivity contribution is 5.99. The molecule has 1 aromatic rings. The van der Waals surface area contributed by atoms with Crippen LogP contribution in [0.3, 0.4) is 0 Å². The van der Waals surface area contributed by atoms with Crippen LogP contribution in [0.25, 0.3) is 0 Å². The summed E-state index contributed by atoms with van der Waals surface area (Å²) in [5, 5.41) is 0. The average Bonchev–Trinajstić information content (AvgIpc) is 2.52. The molecule has 0 spiro atoms. The largest absolute Gasteiger partial charge is 0.353 e. The van der Waals surface area contributed by atoms with Crippen LogP contribution in [0.5, 0.6) is 0 Å². The normalized spacial score (nSPS) is 26.5. The molecule has 0 unspecified atom stereocenters. The Balaban J connectivity index is 2.03. The van der Waals surface area contributed by atoms with E-state index in [1.54, 1.807) is 0 Å². The molecule has 2 heterocycles. The second-order valence-corrected chi connectivity index (χ2v) is 5.35. The fourth-order valence-corrected chi connectivity index (χ4v) is 2.48. The lowest BCUT2D eigenvalue weighted by molar-refractivity contribution is -0.122. The summed E-state index contributed by atoms with van der Waals surface area (Å²) >= 11 is 0. The van der Waals surface area contributed by atoms with Crippen molar-refractivity contribution < 1.29 is 9.53 Å². The number of hydrogen-bond donors (Lipinski definition) is 0. The second-order valence-electron chi connectivity index (χ2n) is 5.35. The highest BCUT2D eigenvalue weighted by atomic mass is 16.5. The maximum absolute atomic E-state index is 12.2. The maximum atomic E-state index is 12.2. The second kappa shape index (κ2) is 3.08. The van der Waals surface area contributed by atoms with Gasteiger partial charge in [0.05, 0.1) is 6.61 Å². The van der Waals surface area contributed by atoms with Crippen LogP contribution in [-0.2, 0) is 4.74 Å². The molecule has 1 saturated heterocycles. The van der Waals surface area contributed by atoms with E-state index in [2.05, 4.69) is 13.8 Å². The molecule has 3 nitrogen and oxygen atoms in total. The number of nitrogens with zero attached hydrogens (tertiary/aromatic N) is 1. The quantitative estimate of drug-likeness (QED) is 0.666. The molecule has 3 heteroatoms. The molecule has 2 aliphatic rings. The van der Waals surface area contributed by atoms with Crippen LogP contribution >= 0.6 is 0 Å². The summed E-state index contributed by atoms with van der Waals surface area (Å²) in [6.45, 7) is 5.72. The van der Waals surface area contributed by atoms with Crippen molar-refractivity contribution in [3.8, 4) is 0 Å². The Morgan fingerprint density at radius 1 is 1.38 bits per heavy atom. The van der Waals surface area contributed by atoms with Gasteiger partial charge in [0, 0.05) is 23.1 Å². The Morgan fingerprint density at radius 2 is 2.12 bits per heavy atom. The minimum Gasteiger partial charge on any atom is -0.353 e. The molecule has 2 aliphatic heterocycles. The zero-order valence-corrected chi connectivity index (χ0v) is 9.56. The Kier molecular flexibility index (Phi) is 1.89. The fraction of sp³-hybridized carbons (Fsp3) is 0.462. The van der Waals surface area contributed by atoms with Crippen molar-refractivity contribution in [2.75, 3.05) is 13.2 Å². The van der Waals surface area contributed by atoms with Gasteiger partial charge in [0.2, 0.25) is 0 Å². The molecule has 0 aliphatic carbocycles. The lowest BCUT2D eigenvalue weighted by Gasteiger charge is -2.40. The van der Waals surface area contributed by atoms with E-state index in [1.165, 1.54) is 0 Å². The third-order valence-corrected chi connectivity index (χ3v) is 3.23. The van der Waals surface area contributed by atoms with Gasteiger partial charge < -0.3 is 9.64 Å². The van der Waals surface area contributed by atoms with Crippen LogP contribution in [0, 0.1) is 5.41 Å². The smallest absolute Gasteiger partial charge is 0.256 e. The molecule has 0 aromatic heterocycles. The van der Waals surface area contributed by atoms with Gasteiger partial charge in [0.15, 0.2) is 6.23 Å². The molecule has 0 bridgehead atoms. The third kappa shape index (κ3) is 1.28. The van der Waals surface area contributed by atoms with E-state index in [0.717, 1.165) is 17.7 Å². The van der Waals surface area contributed by atoms with Gasteiger partial charge in [-0.15, -0.1) is 0 Å². The number of amides is 1. The topological polar surface area (TPSA) is 29.5 Å². The molecular weight excluding hydrogens is 202 g/mol. The molecule has 1 amide bonds. The van der Waals surface area contributed by atoms with Gasteiger partial charge in [0.25, 0.3) is 5.91 Å². The molecule has 3 rings (SSSR count). The number of benzene rings is 1. The van der Waals surface area contributed by atoms with Crippen LogP contribution in [0.1, 0.15) is 36.0 Å². The first-order valence-electron chi connectivity index (χ1n) is 5.60. The van der Waals surface area contributed by atoms with E-state index in [4.69, 9.17) is 4.74 Å². The first kappa shape index (κ1) is 9.85. The standard InChI is InChI=1S/C13H15NO2/c1-13(2)7-14-11(15)9-5-3-4-6-10(9)12(14)16-8-13/h3-6,12H,7-8H2,1-2H3/t12-/m1/s1. The van der Waals surface area contributed by atoms with Crippen LogP contribution in [-0.4, -0.2) is 24.0 Å². The summed E-state index contributed by atoms with van der Waals surface area (Å²) < 4.78 is 5.82. The van der Waals surface area contributed by atoms with E-state index in [0.29, 0.717) is 6.61 Å².